The van der Waals surface area contributed by atoms with Crippen molar-refractivity contribution < 1.29 is 9.15 Å². The molecule has 2 N–H and O–H groups in total. The molecule has 1 unspecified atom stereocenters. The summed E-state index contributed by atoms with van der Waals surface area (Å²) in [5, 5.41) is 0.883. The van der Waals surface area contributed by atoms with E-state index >= 15 is 0 Å². The van der Waals surface area contributed by atoms with Gasteiger partial charge < -0.3 is 19.8 Å². The molecule has 0 saturated heterocycles. The van der Waals surface area contributed by atoms with Gasteiger partial charge in [0.25, 0.3) is 0 Å². The molecule has 1 aliphatic rings. The first-order chi connectivity index (χ1) is 12.3. The van der Waals surface area contributed by atoms with Crippen molar-refractivity contribution in [2.45, 2.75) is 5.37 Å². The molecule has 0 bridgehead atoms. The molecule has 2 aromatic carbocycles. The van der Waals surface area contributed by atoms with Gasteiger partial charge in [0.2, 0.25) is 0 Å². The molecule has 0 fully saturated rings. The molecule has 0 radical (unpaired) electrons. The van der Waals surface area contributed by atoms with Crippen LogP contribution >= 0.6 is 11.8 Å². The van der Waals surface area contributed by atoms with Gasteiger partial charge in [0.1, 0.15) is 11.1 Å². The minimum absolute atomic E-state index is 0.0991. The average Bonchev–Trinajstić information content (AvgIpc) is 3.31. The number of hydrogen-bond donors (Lipinski definition) is 1. The number of anilines is 1. The molecule has 6 heteroatoms. The Morgan fingerprint density at radius 1 is 1.20 bits per heavy atom. The van der Waals surface area contributed by atoms with Crippen LogP contribution in [-0.4, -0.2) is 12.1 Å². The molecule has 0 amide bonds. The fourth-order valence-electron chi connectivity index (χ4n) is 2.87. The van der Waals surface area contributed by atoms with Crippen molar-refractivity contribution in [2.75, 3.05) is 12.0 Å². The maximum absolute atomic E-state index is 6.10. The lowest BCUT2D eigenvalue weighted by Crippen LogP contribution is -2.16. The van der Waals surface area contributed by atoms with Crippen molar-refractivity contribution in [1.82, 2.24) is 4.98 Å². The molecule has 126 valence electrons. The molecule has 2 heterocycles. The van der Waals surface area contributed by atoms with Crippen LogP contribution in [0.2, 0.25) is 0 Å². The lowest BCUT2D eigenvalue weighted by atomic mass is 10.1. The molecular weight excluding hydrogens is 334 g/mol. The van der Waals surface area contributed by atoms with Gasteiger partial charge in [-0.1, -0.05) is 42.1 Å². The summed E-state index contributed by atoms with van der Waals surface area (Å²) in [4.78, 5) is 6.13. The summed E-state index contributed by atoms with van der Waals surface area (Å²) in [6, 6.07) is 16.3. The van der Waals surface area contributed by atoms with Crippen LogP contribution < -0.4 is 15.4 Å². The number of aromatic nitrogens is 1. The number of nitrogens with zero attached hydrogens (tertiary/aromatic N) is 2. The SMILES string of the molecule is COc1cc(N2C=C(N)SC2c2ccccc2)ccc1-c1cnco1. The van der Waals surface area contributed by atoms with E-state index in [1.54, 1.807) is 25.1 Å². The Morgan fingerprint density at radius 3 is 2.76 bits per heavy atom. The van der Waals surface area contributed by atoms with E-state index in [-0.39, 0.29) is 5.37 Å². The third kappa shape index (κ3) is 2.96. The first kappa shape index (κ1) is 15.7. The van der Waals surface area contributed by atoms with Crippen LogP contribution in [-0.2, 0) is 0 Å². The molecule has 4 rings (SSSR count). The fourth-order valence-corrected chi connectivity index (χ4v) is 3.89. The first-order valence-electron chi connectivity index (χ1n) is 7.80. The predicted molar refractivity (Wildman–Crippen MR) is 100 cm³/mol. The number of nitrogens with two attached hydrogens (primary N) is 1. The van der Waals surface area contributed by atoms with Crippen LogP contribution in [0.15, 0.2) is 76.8 Å². The third-order valence-corrected chi connectivity index (χ3v) is 5.13. The van der Waals surface area contributed by atoms with Crippen LogP contribution in [0, 0.1) is 0 Å². The van der Waals surface area contributed by atoms with Crippen molar-refractivity contribution in [2.24, 2.45) is 5.73 Å². The molecule has 1 aliphatic heterocycles. The van der Waals surface area contributed by atoms with Crippen molar-refractivity contribution in [3.8, 4) is 17.1 Å². The van der Waals surface area contributed by atoms with Gasteiger partial charge >= 0.3 is 0 Å². The second kappa shape index (κ2) is 6.57. The second-order valence-electron chi connectivity index (χ2n) is 5.57. The standard InChI is InChI=1S/C19H17N3O2S/c1-23-16-9-14(7-8-15(16)17-10-21-12-24-17)22-11-18(20)25-19(22)13-5-3-2-4-6-13/h2-12,19H,20H2,1H3. The van der Waals surface area contributed by atoms with Crippen molar-refractivity contribution in [3.63, 3.8) is 0 Å². The Bertz CT molecular complexity index is 894. The Balaban J connectivity index is 1.73. The van der Waals surface area contributed by atoms with Crippen LogP contribution in [0.1, 0.15) is 10.9 Å². The lowest BCUT2D eigenvalue weighted by molar-refractivity contribution is 0.414. The fraction of sp³-hybridized carbons (Fsp3) is 0.105. The second-order valence-corrected chi connectivity index (χ2v) is 6.72. The zero-order valence-corrected chi connectivity index (χ0v) is 14.4. The van der Waals surface area contributed by atoms with Gasteiger partial charge in [0, 0.05) is 18.0 Å². The quantitative estimate of drug-likeness (QED) is 0.753. The van der Waals surface area contributed by atoms with E-state index in [4.69, 9.17) is 14.9 Å². The Hall–Kier alpha value is -2.86. The highest BCUT2D eigenvalue weighted by molar-refractivity contribution is 8.03. The monoisotopic (exact) mass is 351 g/mol. The zero-order valence-electron chi connectivity index (χ0n) is 13.6. The number of thioether (sulfide) groups is 1. The van der Waals surface area contributed by atoms with Gasteiger partial charge in [0.05, 0.1) is 23.9 Å². The molecule has 25 heavy (non-hydrogen) atoms. The van der Waals surface area contributed by atoms with E-state index in [0.717, 1.165) is 22.0 Å². The van der Waals surface area contributed by atoms with Crippen molar-refractivity contribution >= 4 is 17.4 Å². The highest BCUT2D eigenvalue weighted by Gasteiger charge is 2.27. The van der Waals surface area contributed by atoms with Gasteiger partial charge in [0.15, 0.2) is 12.2 Å². The Kier molecular flexibility index (Phi) is 4.11. The van der Waals surface area contributed by atoms with Gasteiger partial charge in [-0.15, -0.1) is 0 Å². The van der Waals surface area contributed by atoms with E-state index in [1.807, 2.05) is 42.6 Å². The molecule has 3 aromatic rings. The number of benzene rings is 2. The normalized spacial score (nSPS) is 16.8. The summed E-state index contributed by atoms with van der Waals surface area (Å²) in [5.41, 5.74) is 9.16. The zero-order chi connectivity index (χ0) is 17.2. The van der Waals surface area contributed by atoms with E-state index < -0.39 is 0 Å². The van der Waals surface area contributed by atoms with E-state index in [0.29, 0.717) is 5.76 Å². The minimum atomic E-state index is 0.0991. The minimum Gasteiger partial charge on any atom is -0.496 e. The van der Waals surface area contributed by atoms with Crippen molar-refractivity contribution in [3.05, 3.63) is 77.9 Å². The summed E-state index contributed by atoms with van der Waals surface area (Å²) >= 11 is 1.63. The van der Waals surface area contributed by atoms with Gasteiger partial charge in [-0.05, 0) is 17.7 Å². The number of ether oxygens (including phenoxy) is 1. The highest BCUT2D eigenvalue weighted by Crippen LogP contribution is 2.45. The van der Waals surface area contributed by atoms with Crippen LogP contribution in [0.25, 0.3) is 11.3 Å². The summed E-state index contributed by atoms with van der Waals surface area (Å²) < 4.78 is 11.0. The lowest BCUT2D eigenvalue weighted by Gasteiger charge is -2.25. The summed E-state index contributed by atoms with van der Waals surface area (Å²) in [7, 11) is 1.65. The maximum atomic E-state index is 6.10. The first-order valence-corrected chi connectivity index (χ1v) is 8.68. The average molecular weight is 351 g/mol. The van der Waals surface area contributed by atoms with Crippen LogP contribution in [0.3, 0.4) is 0 Å². The molecule has 5 nitrogen and oxygen atoms in total. The molecule has 1 atom stereocenters. The smallest absolute Gasteiger partial charge is 0.181 e. The third-order valence-electron chi connectivity index (χ3n) is 4.03. The Labute approximate surface area is 150 Å². The maximum Gasteiger partial charge on any atom is 0.181 e. The van der Waals surface area contributed by atoms with Crippen LogP contribution in [0.5, 0.6) is 5.75 Å². The number of hydrogen-bond acceptors (Lipinski definition) is 6. The topological polar surface area (TPSA) is 64.5 Å². The Morgan fingerprint density at radius 2 is 2.04 bits per heavy atom. The highest BCUT2D eigenvalue weighted by atomic mass is 32.2. The van der Waals surface area contributed by atoms with Gasteiger partial charge in [-0.25, -0.2) is 4.98 Å². The molecule has 0 aliphatic carbocycles. The number of methoxy groups -OCH3 is 1. The molecule has 0 spiro atoms. The van der Waals surface area contributed by atoms with Gasteiger partial charge in [-0.2, -0.15) is 0 Å². The molecular formula is C19H17N3O2S. The van der Waals surface area contributed by atoms with Crippen LogP contribution in [0.4, 0.5) is 5.69 Å². The largest absolute Gasteiger partial charge is 0.496 e. The molecule has 1 aromatic heterocycles. The summed E-state index contributed by atoms with van der Waals surface area (Å²) in [6.07, 6.45) is 5.05. The molecule has 0 saturated carbocycles. The number of oxazole rings is 1. The van der Waals surface area contributed by atoms with E-state index in [9.17, 15) is 0 Å². The summed E-state index contributed by atoms with van der Waals surface area (Å²) in [5.74, 6) is 1.40. The predicted octanol–water partition coefficient (Wildman–Crippen LogP) is 4.36. The van der Waals surface area contributed by atoms with E-state index in [1.165, 1.54) is 12.0 Å². The number of rotatable bonds is 4. The van der Waals surface area contributed by atoms with E-state index in [2.05, 4.69) is 22.0 Å². The van der Waals surface area contributed by atoms with Crippen molar-refractivity contribution in [1.29, 1.82) is 0 Å². The summed E-state index contributed by atoms with van der Waals surface area (Å²) in [6.45, 7) is 0. The van der Waals surface area contributed by atoms with Gasteiger partial charge in [-0.3, -0.25) is 0 Å².